The highest BCUT2D eigenvalue weighted by Crippen LogP contribution is 2.27. The monoisotopic (exact) mass is 295 g/mol. The van der Waals surface area contributed by atoms with Gasteiger partial charge in [0.1, 0.15) is 17.5 Å². The Labute approximate surface area is 125 Å². The third-order valence-corrected chi connectivity index (χ3v) is 3.62. The van der Waals surface area contributed by atoms with Crippen molar-refractivity contribution in [2.75, 3.05) is 13.1 Å². The van der Waals surface area contributed by atoms with Crippen LogP contribution in [0.2, 0.25) is 0 Å². The third-order valence-electron chi connectivity index (χ3n) is 3.62. The van der Waals surface area contributed by atoms with Gasteiger partial charge in [0, 0.05) is 6.04 Å². The molecule has 1 aromatic heterocycles. The maximum Gasteiger partial charge on any atom is 0.320 e. The van der Waals surface area contributed by atoms with Crippen molar-refractivity contribution >= 4 is 5.97 Å². The summed E-state index contributed by atoms with van der Waals surface area (Å²) in [6, 6.07) is 3.74. The molecule has 0 radical (unpaired) electrons. The van der Waals surface area contributed by atoms with Crippen LogP contribution in [0.4, 0.5) is 0 Å². The van der Waals surface area contributed by atoms with E-state index in [9.17, 15) is 9.90 Å². The van der Waals surface area contributed by atoms with Gasteiger partial charge in [-0.2, -0.15) is 0 Å². The molecule has 0 bridgehead atoms. The SMILES string of the molecule is CC(C)(C)OC(=O)CN1CCCC1CC(O)c1ccco1. The van der Waals surface area contributed by atoms with Gasteiger partial charge in [0.25, 0.3) is 0 Å². The van der Waals surface area contributed by atoms with E-state index in [1.165, 1.54) is 0 Å². The van der Waals surface area contributed by atoms with Crippen molar-refractivity contribution in [3.8, 4) is 0 Å². The molecule has 1 aliphatic rings. The van der Waals surface area contributed by atoms with E-state index in [0.29, 0.717) is 12.2 Å². The van der Waals surface area contributed by atoms with E-state index in [-0.39, 0.29) is 18.6 Å². The summed E-state index contributed by atoms with van der Waals surface area (Å²) in [5.74, 6) is 0.376. The number of aliphatic hydroxyl groups excluding tert-OH is 1. The van der Waals surface area contributed by atoms with Crippen molar-refractivity contribution in [1.29, 1.82) is 0 Å². The van der Waals surface area contributed by atoms with Crippen LogP contribution in [-0.2, 0) is 9.53 Å². The number of rotatable bonds is 5. The maximum absolute atomic E-state index is 11.9. The van der Waals surface area contributed by atoms with Crippen LogP contribution in [0.1, 0.15) is 51.9 Å². The second-order valence-corrected chi connectivity index (χ2v) is 6.62. The molecule has 2 heterocycles. The zero-order valence-corrected chi connectivity index (χ0v) is 13.0. The lowest BCUT2D eigenvalue weighted by molar-refractivity contribution is -0.156. The smallest absolute Gasteiger partial charge is 0.320 e. The summed E-state index contributed by atoms with van der Waals surface area (Å²) in [6.45, 7) is 6.76. The fraction of sp³-hybridized carbons (Fsp3) is 0.688. The van der Waals surface area contributed by atoms with E-state index < -0.39 is 11.7 Å². The van der Waals surface area contributed by atoms with Crippen LogP contribution in [0.25, 0.3) is 0 Å². The van der Waals surface area contributed by atoms with Crippen LogP contribution in [0.15, 0.2) is 22.8 Å². The van der Waals surface area contributed by atoms with E-state index >= 15 is 0 Å². The zero-order valence-electron chi connectivity index (χ0n) is 13.0. The van der Waals surface area contributed by atoms with Crippen molar-refractivity contribution in [3.63, 3.8) is 0 Å². The number of hydrogen-bond acceptors (Lipinski definition) is 5. The molecule has 0 aromatic carbocycles. The lowest BCUT2D eigenvalue weighted by Crippen LogP contribution is -2.38. The van der Waals surface area contributed by atoms with Gasteiger partial charge in [-0.1, -0.05) is 0 Å². The fourth-order valence-electron chi connectivity index (χ4n) is 2.76. The predicted octanol–water partition coefficient (Wildman–Crippen LogP) is 2.51. The molecule has 5 nitrogen and oxygen atoms in total. The molecule has 1 N–H and O–H groups in total. The van der Waals surface area contributed by atoms with Crippen LogP contribution in [0.3, 0.4) is 0 Å². The van der Waals surface area contributed by atoms with E-state index in [4.69, 9.17) is 9.15 Å². The maximum atomic E-state index is 11.9. The third kappa shape index (κ3) is 4.86. The number of likely N-dealkylation sites (tertiary alicyclic amines) is 1. The first kappa shape index (κ1) is 16.0. The average Bonchev–Trinajstić information content (AvgIpc) is 2.98. The van der Waals surface area contributed by atoms with Gasteiger partial charge in [0.15, 0.2) is 0 Å². The molecule has 118 valence electrons. The number of hydrogen-bond donors (Lipinski definition) is 1. The minimum absolute atomic E-state index is 0.192. The van der Waals surface area contributed by atoms with E-state index in [0.717, 1.165) is 19.4 Å². The molecule has 2 atom stereocenters. The quantitative estimate of drug-likeness (QED) is 0.846. The summed E-state index contributed by atoms with van der Waals surface area (Å²) in [5.41, 5.74) is -0.458. The number of esters is 1. The van der Waals surface area contributed by atoms with Gasteiger partial charge in [-0.3, -0.25) is 9.69 Å². The molecule has 0 aliphatic carbocycles. The highest BCUT2D eigenvalue weighted by Gasteiger charge is 2.30. The summed E-state index contributed by atoms with van der Waals surface area (Å²) >= 11 is 0. The van der Waals surface area contributed by atoms with Crippen molar-refractivity contribution in [2.24, 2.45) is 0 Å². The van der Waals surface area contributed by atoms with Gasteiger partial charge < -0.3 is 14.3 Å². The van der Waals surface area contributed by atoms with E-state index in [1.54, 1.807) is 18.4 Å². The minimum atomic E-state index is -0.621. The van der Waals surface area contributed by atoms with Gasteiger partial charge in [-0.15, -0.1) is 0 Å². The van der Waals surface area contributed by atoms with Crippen molar-refractivity contribution in [3.05, 3.63) is 24.2 Å². The highest BCUT2D eigenvalue weighted by molar-refractivity contribution is 5.72. The molecule has 1 aromatic rings. The van der Waals surface area contributed by atoms with Crippen LogP contribution in [-0.4, -0.2) is 40.7 Å². The Hall–Kier alpha value is -1.33. The summed E-state index contributed by atoms with van der Waals surface area (Å²) in [4.78, 5) is 14.0. The molecule has 1 fully saturated rings. The first-order valence-electron chi connectivity index (χ1n) is 7.52. The molecule has 0 amide bonds. The number of furan rings is 1. The van der Waals surface area contributed by atoms with Crippen LogP contribution < -0.4 is 0 Å². The topological polar surface area (TPSA) is 62.9 Å². The van der Waals surface area contributed by atoms with Gasteiger partial charge in [-0.05, 0) is 58.7 Å². The first-order valence-corrected chi connectivity index (χ1v) is 7.52. The van der Waals surface area contributed by atoms with E-state index in [1.807, 2.05) is 20.8 Å². The molecule has 0 saturated carbocycles. The second kappa shape index (κ2) is 6.62. The normalized spacial score (nSPS) is 21.4. The number of carbonyl (C=O) groups excluding carboxylic acids is 1. The fourth-order valence-corrected chi connectivity index (χ4v) is 2.76. The lowest BCUT2D eigenvalue weighted by atomic mass is 10.1. The Morgan fingerprint density at radius 3 is 2.95 bits per heavy atom. The molecule has 5 heteroatoms. The van der Waals surface area contributed by atoms with Gasteiger partial charge >= 0.3 is 5.97 Å². The largest absolute Gasteiger partial charge is 0.467 e. The average molecular weight is 295 g/mol. The summed E-state index contributed by atoms with van der Waals surface area (Å²) in [5, 5.41) is 10.2. The molecule has 2 unspecified atom stereocenters. The number of aliphatic hydroxyl groups is 1. The molecule has 0 spiro atoms. The highest BCUT2D eigenvalue weighted by atomic mass is 16.6. The van der Waals surface area contributed by atoms with Crippen molar-refractivity contribution in [2.45, 2.75) is 57.8 Å². The van der Waals surface area contributed by atoms with Crippen LogP contribution in [0.5, 0.6) is 0 Å². The first-order chi connectivity index (χ1) is 9.85. The van der Waals surface area contributed by atoms with Crippen LogP contribution in [0, 0.1) is 0 Å². The number of ether oxygens (including phenoxy) is 1. The van der Waals surface area contributed by atoms with Gasteiger partial charge in [0.05, 0.1) is 12.8 Å². The standard InChI is InChI=1S/C16H25NO4/c1-16(2,3)21-15(19)11-17-8-4-6-12(17)10-13(18)14-7-5-9-20-14/h5,7,9,12-13,18H,4,6,8,10-11H2,1-3H3. The minimum Gasteiger partial charge on any atom is -0.467 e. The summed E-state index contributed by atoms with van der Waals surface area (Å²) < 4.78 is 10.6. The molecule has 2 rings (SSSR count). The van der Waals surface area contributed by atoms with E-state index in [2.05, 4.69) is 4.90 Å². The molecular weight excluding hydrogens is 270 g/mol. The van der Waals surface area contributed by atoms with Crippen molar-refractivity contribution < 1.29 is 19.1 Å². The number of nitrogens with zero attached hydrogens (tertiary/aromatic N) is 1. The Morgan fingerprint density at radius 1 is 1.57 bits per heavy atom. The lowest BCUT2D eigenvalue weighted by Gasteiger charge is -2.27. The Balaban J connectivity index is 1.87. The van der Waals surface area contributed by atoms with Crippen LogP contribution >= 0.6 is 0 Å². The van der Waals surface area contributed by atoms with Gasteiger partial charge in [0.2, 0.25) is 0 Å². The molecule has 21 heavy (non-hydrogen) atoms. The molecular formula is C16H25NO4. The van der Waals surface area contributed by atoms with Crippen molar-refractivity contribution in [1.82, 2.24) is 4.90 Å². The Morgan fingerprint density at radius 2 is 2.33 bits per heavy atom. The molecule has 1 aliphatic heterocycles. The summed E-state index contributed by atoms with van der Waals surface area (Å²) in [6.07, 6.45) is 3.55. The number of carbonyl (C=O) groups is 1. The Kier molecular flexibility index (Phi) is 5.06. The second-order valence-electron chi connectivity index (χ2n) is 6.62. The molecule has 1 saturated heterocycles. The van der Waals surface area contributed by atoms with Gasteiger partial charge in [-0.25, -0.2) is 0 Å². The predicted molar refractivity (Wildman–Crippen MR) is 78.7 cm³/mol. The summed E-state index contributed by atoms with van der Waals surface area (Å²) in [7, 11) is 0. The Bertz CT molecular complexity index is 449. The zero-order chi connectivity index (χ0) is 15.5.